The van der Waals surface area contributed by atoms with Crippen LogP contribution in [0.25, 0.3) is 16.2 Å². The highest BCUT2D eigenvalue weighted by Gasteiger charge is 2.15. The van der Waals surface area contributed by atoms with E-state index in [1.165, 1.54) is 0 Å². The van der Waals surface area contributed by atoms with Gasteiger partial charge in [0.1, 0.15) is 5.75 Å². The number of methoxy groups -OCH3 is 1. The summed E-state index contributed by atoms with van der Waals surface area (Å²) in [5.41, 5.74) is 3.68. The minimum atomic E-state index is -0.0521. The van der Waals surface area contributed by atoms with E-state index in [1.807, 2.05) is 41.9 Å². The summed E-state index contributed by atoms with van der Waals surface area (Å²) in [7, 11) is 1.65. The number of aromatic nitrogens is 2. The number of anilines is 1. The van der Waals surface area contributed by atoms with Gasteiger partial charge < -0.3 is 19.5 Å². The first-order valence-corrected chi connectivity index (χ1v) is 10.4. The van der Waals surface area contributed by atoms with E-state index in [-0.39, 0.29) is 12.7 Å². The topological polar surface area (TPSA) is 74.1 Å². The van der Waals surface area contributed by atoms with Crippen molar-refractivity contribution in [3.63, 3.8) is 0 Å². The van der Waals surface area contributed by atoms with Crippen molar-refractivity contribution >= 4 is 27.9 Å². The molecule has 0 saturated heterocycles. The first kappa shape index (κ1) is 18.5. The van der Waals surface area contributed by atoms with Crippen LogP contribution >= 0.6 is 11.3 Å². The Bertz CT molecular complexity index is 1210. The largest absolute Gasteiger partial charge is 0.497 e. The smallest absolute Gasteiger partial charge is 0.231 e. The second-order valence-corrected chi connectivity index (χ2v) is 7.69. The van der Waals surface area contributed by atoms with Crippen molar-refractivity contribution in [2.24, 2.45) is 0 Å². The Hall–Kier alpha value is -3.52. The maximum atomic E-state index is 12.4. The Morgan fingerprint density at radius 2 is 2.03 bits per heavy atom. The zero-order valence-corrected chi connectivity index (χ0v) is 17.1. The van der Waals surface area contributed by atoms with Gasteiger partial charge in [-0.1, -0.05) is 0 Å². The molecule has 0 atom stereocenters. The minimum Gasteiger partial charge on any atom is -0.497 e. The third kappa shape index (κ3) is 3.57. The molecule has 0 radical (unpaired) electrons. The fraction of sp³-hybridized carbons (Fsp3) is 0.182. The SMILES string of the molecule is COc1ccc(-c2cn3c(CCC(=O)Nc4ccc5c(c4)OCO5)csc3n2)cc1. The van der Waals surface area contributed by atoms with E-state index in [0.717, 1.165) is 27.7 Å². The number of rotatable bonds is 6. The standard InChI is InChI=1S/C22H19N3O4S/c1-27-17-6-2-14(3-7-17)18-11-25-16(12-30-22(25)24-18)5-9-21(26)23-15-4-8-19-20(10-15)29-13-28-19/h2-4,6-8,10-12H,5,9,13H2,1H3,(H,23,26). The molecular formula is C22H19N3O4S. The molecule has 1 N–H and O–H groups in total. The van der Waals surface area contributed by atoms with Gasteiger partial charge in [0.2, 0.25) is 12.7 Å². The van der Waals surface area contributed by atoms with Gasteiger partial charge in [-0.25, -0.2) is 4.98 Å². The molecule has 3 heterocycles. The molecule has 7 nitrogen and oxygen atoms in total. The summed E-state index contributed by atoms with van der Waals surface area (Å²) in [6, 6.07) is 13.2. The molecule has 0 aliphatic carbocycles. The maximum absolute atomic E-state index is 12.4. The fourth-order valence-electron chi connectivity index (χ4n) is 3.35. The van der Waals surface area contributed by atoms with Gasteiger partial charge in [0.05, 0.1) is 12.8 Å². The van der Waals surface area contributed by atoms with Crippen LogP contribution in [0.1, 0.15) is 12.1 Å². The number of hydrogen-bond donors (Lipinski definition) is 1. The number of carbonyl (C=O) groups is 1. The first-order valence-electron chi connectivity index (χ1n) is 9.49. The second-order valence-electron chi connectivity index (χ2n) is 6.85. The lowest BCUT2D eigenvalue weighted by molar-refractivity contribution is -0.116. The zero-order chi connectivity index (χ0) is 20.5. The number of benzene rings is 2. The third-order valence-electron chi connectivity index (χ3n) is 4.93. The van der Waals surface area contributed by atoms with Crippen LogP contribution in [-0.4, -0.2) is 29.2 Å². The molecule has 2 aromatic heterocycles. The van der Waals surface area contributed by atoms with E-state index in [1.54, 1.807) is 30.6 Å². The summed E-state index contributed by atoms with van der Waals surface area (Å²) in [5.74, 6) is 2.11. The van der Waals surface area contributed by atoms with Crippen molar-refractivity contribution in [2.45, 2.75) is 12.8 Å². The van der Waals surface area contributed by atoms with E-state index in [9.17, 15) is 4.79 Å². The Labute approximate surface area is 176 Å². The lowest BCUT2D eigenvalue weighted by Gasteiger charge is -2.06. The maximum Gasteiger partial charge on any atom is 0.231 e. The fourth-order valence-corrected chi connectivity index (χ4v) is 4.26. The highest BCUT2D eigenvalue weighted by atomic mass is 32.1. The lowest BCUT2D eigenvalue weighted by atomic mass is 10.1. The van der Waals surface area contributed by atoms with Gasteiger partial charge in [-0.15, -0.1) is 11.3 Å². The molecule has 5 rings (SSSR count). The number of nitrogens with zero attached hydrogens (tertiary/aromatic N) is 2. The van der Waals surface area contributed by atoms with Crippen LogP contribution < -0.4 is 19.5 Å². The summed E-state index contributed by atoms with van der Waals surface area (Å²) in [5, 5.41) is 4.97. The van der Waals surface area contributed by atoms with E-state index in [2.05, 4.69) is 9.72 Å². The van der Waals surface area contributed by atoms with E-state index < -0.39 is 0 Å². The van der Waals surface area contributed by atoms with Gasteiger partial charge in [-0.3, -0.25) is 9.20 Å². The van der Waals surface area contributed by atoms with Crippen LogP contribution in [0.2, 0.25) is 0 Å². The number of nitrogens with one attached hydrogen (secondary N) is 1. The molecule has 0 fully saturated rings. The molecule has 4 aromatic rings. The summed E-state index contributed by atoms with van der Waals surface area (Å²) in [6.07, 6.45) is 3.00. The van der Waals surface area contributed by atoms with Crippen molar-refractivity contribution in [1.82, 2.24) is 9.38 Å². The van der Waals surface area contributed by atoms with Gasteiger partial charge in [0.15, 0.2) is 16.5 Å². The number of carbonyl (C=O) groups excluding carboxylic acids is 1. The predicted octanol–water partition coefficient (Wildman–Crippen LogP) is 4.37. The van der Waals surface area contributed by atoms with Crippen LogP contribution in [-0.2, 0) is 11.2 Å². The van der Waals surface area contributed by atoms with Crippen LogP contribution in [0.5, 0.6) is 17.2 Å². The molecule has 1 aliphatic rings. The van der Waals surface area contributed by atoms with Gasteiger partial charge in [0.25, 0.3) is 0 Å². The molecule has 152 valence electrons. The van der Waals surface area contributed by atoms with Crippen molar-refractivity contribution in [3.05, 3.63) is 59.7 Å². The van der Waals surface area contributed by atoms with Crippen LogP contribution in [0.15, 0.2) is 54.0 Å². The molecule has 2 aromatic carbocycles. The number of ether oxygens (including phenoxy) is 3. The Morgan fingerprint density at radius 3 is 2.87 bits per heavy atom. The molecule has 0 unspecified atom stereocenters. The summed E-state index contributed by atoms with van der Waals surface area (Å²) in [4.78, 5) is 18.0. The van der Waals surface area contributed by atoms with Crippen molar-refractivity contribution in [1.29, 1.82) is 0 Å². The van der Waals surface area contributed by atoms with E-state index >= 15 is 0 Å². The predicted molar refractivity (Wildman–Crippen MR) is 115 cm³/mol. The Balaban J connectivity index is 1.26. The molecule has 30 heavy (non-hydrogen) atoms. The average molecular weight is 421 g/mol. The number of amides is 1. The molecule has 0 spiro atoms. The van der Waals surface area contributed by atoms with E-state index in [0.29, 0.717) is 30.0 Å². The van der Waals surface area contributed by atoms with Crippen LogP contribution in [0, 0.1) is 0 Å². The molecule has 0 saturated carbocycles. The normalized spacial score (nSPS) is 12.3. The third-order valence-corrected chi connectivity index (χ3v) is 5.82. The summed E-state index contributed by atoms with van der Waals surface area (Å²) < 4.78 is 17.9. The Kier molecular flexibility index (Phi) is 4.76. The lowest BCUT2D eigenvalue weighted by Crippen LogP contribution is -2.12. The van der Waals surface area contributed by atoms with Crippen molar-refractivity contribution < 1.29 is 19.0 Å². The van der Waals surface area contributed by atoms with Gasteiger partial charge in [-0.05, 0) is 42.8 Å². The van der Waals surface area contributed by atoms with Crippen molar-refractivity contribution in [2.75, 3.05) is 19.2 Å². The van der Waals surface area contributed by atoms with Gasteiger partial charge >= 0.3 is 0 Å². The number of aryl methyl sites for hydroxylation is 1. The van der Waals surface area contributed by atoms with Crippen molar-refractivity contribution in [3.8, 4) is 28.5 Å². The molecular weight excluding hydrogens is 402 g/mol. The quantitative estimate of drug-likeness (QED) is 0.500. The highest BCUT2D eigenvalue weighted by molar-refractivity contribution is 7.15. The zero-order valence-electron chi connectivity index (χ0n) is 16.3. The molecule has 0 bridgehead atoms. The number of hydrogen-bond acceptors (Lipinski definition) is 6. The highest BCUT2D eigenvalue weighted by Crippen LogP contribution is 2.34. The van der Waals surface area contributed by atoms with Gasteiger partial charge in [-0.2, -0.15) is 0 Å². The Morgan fingerprint density at radius 1 is 1.20 bits per heavy atom. The number of thiazole rings is 1. The molecule has 8 heteroatoms. The first-order chi connectivity index (χ1) is 14.7. The number of fused-ring (bicyclic) bond motifs is 2. The average Bonchev–Trinajstić information content (AvgIpc) is 3.48. The summed E-state index contributed by atoms with van der Waals surface area (Å²) in [6.45, 7) is 0.213. The van der Waals surface area contributed by atoms with Crippen LogP contribution in [0.3, 0.4) is 0 Å². The van der Waals surface area contributed by atoms with Gasteiger partial charge in [0, 0.05) is 41.0 Å². The monoisotopic (exact) mass is 421 g/mol. The molecule has 1 aliphatic heterocycles. The van der Waals surface area contributed by atoms with E-state index in [4.69, 9.17) is 19.2 Å². The van der Waals surface area contributed by atoms with Crippen LogP contribution in [0.4, 0.5) is 5.69 Å². The summed E-state index contributed by atoms with van der Waals surface area (Å²) >= 11 is 1.57. The second kappa shape index (κ2) is 7.72. The number of imidazole rings is 1. The minimum absolute atomic E-state index is 0.0521. The molecule has 1 amide bonds.